The predicted molar refractivity (Wildman–Crippen MR) is 103 cm³/mol. The lowest BCUT2D eigenvalue weighted by Crippen LogP contribution is -2.49. The molecule has 1 amide bonds. The van der Waals surface area contributed by atoms with Crippen molar-refractivity contribution >= 4 is 12.1 Å². The van der Waals surface area contributed by atoms with Crippen LogP contribution in [0.15, 0.2) is 0 Å². The van der Waals surface area contributed by atoms with Gasteiger partial charge in [0.25, 0.3) is 0 Å². The molecule has 152 valence electrons. The Morgan fingerprint density at radius 3 is 2.50 bits per heavy atom. The number of rotatable bonds is 10. The Hall–Kier alpha value is -1.30. The van der Waals surface area contributed by atoms with Gasteiger partial charge in [0, 0.05) is 19.0 Å². The Morgan fingerprint density at radius 1 is 1.12 bits per heavy atom. The minimum Gasteiger partial charge on any atom is -0.466 e. The summed E-state index contributed by atoms with van der Waals surface area (Å²) in [5, 5.41) is 3.00. The molecular weight excluding hydrogens is 332 g/mol. The highest BCUT2D eigenvalue weighted by atomic mass is 16.6. The number of hydrogen-bond acceptors (Lipinski definition) is 5. The van der Waals surface area contributed by atoms with Gasteiger partial charge in [0.15, 0.2) is 0 Å². The number of likely N-dealkylation sites (tertiary alicyclic amines) is 1. The Bertz CT molecular complexity index is 421. The molecule has 0 unspecified atom stereocenters. The molecule has 0 aliphatic carbocycles. The highest BCUT2D eigenvalue weighted by molar-refractivity contribution is 5.69. The minimum absolute atomic E-state index is 0.0793. The second-order valence-electron chi connectivity index (χ2n) is 8.11. The number of unbranched alkanes of at least 4 members (excludes halogenated alkanes) is 4. The van der Waals surface area contributed by atoms with Crippen molar-refractivity contribution in [2.75, 3.05) is 26.2 Å². The average molecular weight is 371 g/mol. The summed E-state index contributed by atoms with van der Waals surface area (Å²) >= 11 is 0. The predicted octanol–water partition coefficient (Wildman–Crippen LogP) is 3.88. The third kappa shape index (κ3) is 11.3. The van der Waals surface area contributed by atoms with Gasteiger partial charge in [0.1, 0.15) is 5.60 Å². The largest absolute Gasteiger partial charge is 0.466 e. The number of nitrogens with one attached hydrogen (secondary N) is 1. The zero-order chi connectivity index (χ0) is 19.4. The summed E-state index contributed by atoms with van der Waals surface area (Å²) in [5.74, 6) is -0.0793. The second-order valence-corrected chi connectivity index (χ2v) is 8.11. The maximum Gasteiger partial charge on any atom is 0.407 e. The number of carbonyl (C=O) groups is 2. The van der Waals surface area contributed by atoms with E-state index in [4.69, 9.17) is 9.47 Å². The van der Waals surface area contributed by atoms with E-state index in [1.165, 1.54) is 12.8 Å². The molecule has 1 fully saturated rings. The summed E-state index contributed by atoms with van der Waals surface area (Å²) in [5.41, 5.74) is -0.453. The molecule has 0 aromatic heterocycles. The second kappa shape index (κ2) is 12.2. The fourth-order valence-corrected chi connectivity index (χ4v) is 3.22. The lowest BCUT2D eigenvalue weighted by atomic mass is 10.0. The molecule has 26 heavy (non-hydrogen) atoms. The minimum atomic E-state index is -0.453. The molecule has 1 heterocycles. The normalized spacial score (nSPS) is 18.4. The summed E-state index contributed by atoms with van der Waals surface area (Å²) in [6.45, 7) is 11.0. The smallest absolute Gasteiger partial charge is 0.407 e. The van der Waals surface area contributed by atoms with Crippen molar-refractivity contribution in [3.8, 4) is 0 Å². The first-order chi connectivity index (χ1) is 12.3. The summed E-state index contributed by atoms with van der Waals surface area (Å²) in [6, 6.07) is 0.183. The number of nitrogens with zero attached hydrogens (tertiary/aromatic N) is 1. The van der Waals surface area contributed by atoms with E-state index in [0.717, 1.165) is 51.7 Å². The third-order valence-corrected chi connectivity index (χ3v) is 4.39. The van der Waals surface area contributed by atoms with Crippen LogP contribution in [0.4, 0.5) is 4.79 Å². The van der Waals surface area contributed by atoms with Crippen molar-refractivity contribution in [2.24, 2.45) is 0 Å². The Labute approximate surface area is 159 Å². The molecule has 6 heteroatoms. The van der Waals surface area contributed by atoms with Crippen molar-refractivity contribution < 1.29 is 19.1 Å². The van der Waals surface area contributed by atoms with E-state index >= 15 is 0 Å². The number of ether oxygens (including phenoxy) is 2. The monoisotopic (exact) mass is 370 g/mol. The molecule has 1 saturated heterocycles. The quantitative estimate of drug-likeness (QED) is 0.467. The van der Waals surface area contributed by atoms with Gasteiger partial charge in [-0.3, -0.25) is 4.79 Å². The van der Waals surface area contributed by atoms with Crippen LogP contribution in [0.1, 0.15) is 79.1 Å². The maximum atomic E-state index is 11.9. The van der Waals surface area contributed by atoms with Crippen molar-refractivity contribution in [1.82, 2.24) is 10.2 Å². The number of alkyl carbamates (subject to hydrolysis) is 1. The van der Waals surface area contributed by atoms with Crippen LogP contribution < -0.4 is 5.32 Å². The Kier molecular flexibility index (Phi) is 10.6. The van der Waals surface area contributed by atoms with Crippen LogP contribution in [0.5, 0.6) is 0 Å². The van der Waals surface area contributed by atoms with E-state index in [1.807, 2.05) is 27.7 Å². The van der Waals surface area contributed by atoms with Gasteiger partial charge in [-0.1, -0.05) is 19.3 Å². The molecule has 0 radical (unpaired) electrons. The number of piperidine rings is 1. The zero-order valence-corrected chi connectivity index (χ0v) is 17.1. The van der Waals surface area contributed by atoms with Crippen molar-refractivity contribution in [3.05, 3.63) is 0 Å². The van der Waals surface area contributed by atoms with E-state index in [-0.39, 0.29) is 18.1 Å². The van der Waals surface area contributed by atoms with Crippen LogP contribution >= 0.6 is 0 Å². The van der Waals surface area contributed by atoms with Crippen LogP contribution in [0.25, 0.3) is 0 Å². The van der Waals surface area contributed by atoms with E-state index in [9.17, 15) is 9.59 Å². The third-order valence-electron chi connectivity index (χ3n) is 4.39. The molecule has 6 nitrogen and oxygen atoms in total. The number of esters is 1. The molecule has 0 aromatic carbocycles. The topological polar surface area (TPSA) is 67.9 Å². The van der Waals surface area contributed by atoms with Gasteiger partial charge in [0.2, 0.25) is 0 Å². The van der Waals surface area contributed by atoms with Gasteiger partial charge < -0.3 is 19.7 Å². The van der Waals surface area contributed by atoms with Gasteiger partial charge in [-0.25, -0.2) is 4.79 Å². The first kappa shape index (κ1) is 22.7. The Balaban J connectivity index is 2.09. The average Bonchev–Trinajstić information content (AvgIpc) is 2.52. The summed E-state index contributed by atoms with van der Waals surface area (Å²) in [4.78, 5) is 25.6. The lowest BCUT2D eigenvalue weighted by molar-refractivity contribution is -0.143. The van der Waals surface area contributed by atoms with Gasteiger partial charge in [0.05, 0.1) is 6.61 Å². The van der Waals surface area contributed by atoms with Crippen molar-refractivity contribution in [3.63, 3.8) is 0 Å². The molecule has 1 rings (SSSR count). The molecule has 1 atom stereocenters. The van der Waals surface area contributed by atoms with Crippen LogP contribution in [0.3, 0.4) is 0 Å². The van der Waals surface area contributed by atoms with Gasteiger partial charge in [-0.2, -0.15) is 0 Å². The number of amides is 1. The van der Waals surface area contributed by atoms with E-state index in [0.29, 0.717) is 13.0 Å². The number of carbonyl (C=O) groups excluding carboxylic acids is 2. The van der Waals surface area contributed by atoms with Gasteiger partial charge in [-0.15, -0.1) is 0 Å². The van der Waals surface area contributed by atoms with E-state index in [1.54, 1.807) is 0 Å². The molecule has 0 bridgehead atoms. The van der Waals surface area contributed by atoms with E-state index in [2.05, 4.69) is 10.2 Å². The molecule has 0 spiro atoms. The number of hydrogen-bond donors (Lipinski definition) is 1. The standard InChI is InChI=1S/C20H38N2O4/c1-5-25-18(23)13-9-7-6-8-10-14-22-15-11-12-17(16-22)21-19(24)26-20(2,3)4/h17H,5-16H2,1-4H3,(H,21,24)/t17-/m1/s1. The highest BCUT2D eigenvalue weighted by Crippen LogP contribution is 2.14. The molecule has 1 aliphatic rings. The molecule has 1 aliphatic heterocycles. The van der Waals surface area contributed by atoms with Crippen LogP contribution in [-0.2, 0) is 14.3 Å². The SMILES string of the molecule is CCOC(=O)CCCCCCCN1CCC[C@@H](NC(=O)OC(C)(C)C)C1. The summed E-state index contributed by atoms with van der Waals surface area (Å²) in [7, 11) is 0. The molecular formula is C20H38N2O4. The summed E-state index contributed by atoms with van der Waals surface area (Å²) in [6.07, 6.45) is 7.87. The molecule has 0 aromatic rings. The van der Waals surface area contributed by atoms with E-state index < -0.39 is 5.60 Å². The zero-order valence-electron chi connectivity index (χ0n) is 17.1. The maximum absolute atomic E-state index is 11.9. The fraction of sp³-hybridized carbons (Fsp3) is 0.900. The van der Waals surface area contributed by atoms with Crippen LogP contribution in [0, 0.1) is 0 Å². The van der Waals surface area contributed by atoms with Crippen molar-refractivity contribution in [2.45, 2.75) is 90.7 Å². The van der Waals surface area contributed by atoms with Gasteiger partial charge >= 0.3 is 12.1 Å². The fourth-order valence-electron chi connectivity index (χ4n) is 3.22. The highest BCUT2D eigenvalue weighted by Gasteiger charge is 2.23. The molecule has 1 N–H and O–H groups in total. The molecule has 0 saturated carbocycles. The summed E-state index contributed by atoms with van der Waals surface area (Å²) < 4.78 is 10.3. The Morgan fingerprint density at radius 2 is 1.81 bits per heavy atom. The van der Waals surface area contributed by atoms with Crippen molar-refractivity contribution in [1.29, 1.82) is 0 Å². The lowest BCUT2D eigenvalue weighted by Gasteiger charge is -2.33. The first-order valence-corrected chi connectivity index (χ1v) is 10.2. The van der Waals surface area contributed by atoms with Crippen LogP contribution in [-0.4, -0.2) is 54.8 Å². The van der Waals surface area contributed by atoms with Gasteiger partial charge in [-0.05, 0) is 66.5 Å². The first-order valence-electron chi connectivity index (χ1n) is 10.2. The van der Waals surface area contributed by atoms with Crippen LogP contribution in [0.2, 0.25) is 0 Å².